The van der Waals surface area contributed by atoms with E-state index in [9.17, 15) is 0 Å². The zero-order valence-corrected chi connectivity index (χ0v) is 14.6. The third kappa shape index (κ3) is 3.04. The third-order valence-corrected chi connectivity index (χ3v) is 6.17. The molecule has 0 aliphatic heterocycles. The van der Waals surface area contributed by atoms with Crippen LogP contribution in [0, 0.1) is 5.92 Å². The van der Waals surface area contributed by atoms with Crippen molar-refractivity contribution in [3.63, 3.8) is 0 Å². The number of aryl methyl sites for hydroxylation is 1. The van der Waals surface area contributed by atoms with Crippen LogP contribution in [0.15, 0.2) is 5.16 Å². The second-order valence-electron chi connectivity index (χ2n) is 6.33. The molecule has 0 fully saturated rings. The second kappa shape index (κ2) is 6.13. The van der Waals surface area contributed by atoms with Crippen LogP contribution in [-0.4, -0.2) is 15.7 Å². The lowest BCUT2D eigenvalue weighted by Gasteiger charge is -2.18. The normalized spacial score (nSPS) is 18.4. The minimum Gasteiger partial charge on any atom is -0.383 e. The van der Waals surface area contributed by atoms with Crippen LogP contribution in [-0.2, 0) is 6.42 Å². The largest absolute Gasteiger partial charge is 0.383 e. The zero-order chi connectivity index (χ0) is 15.0. The SMILES string of the molecule is CC(C)CCSc1nc(N)c2c3c(sc2n1)CCC[C@@H]3C. The van der Waals surface area contributed by atoms with E-state index in [-0.39, 0.29) is 0 Å². The quantitative estimate of drug-likeness (QED) is 0.646. The zero-order valence-electron chi connectivity index (χ0n) is 13.0. The van der Waals surface area contributed by atoms with Gasteiger partial charge in [-0.05, 0) is 43.1 Å². The van der Waals surface area contributed by atoms with Crippen molar-refractivity contribution >= 4 is 39.1 Å². The fourth-order valence-electron chi connectivity index (χ4n) is 2.94. The maximum Gasteiger partial charge on any atom is 0.190 e. The van der Waals surface area contributed by atoms with Gasteiger partial charge in [0.05, 0.1) is 5.39 Å². The number of thiophene rings is 1. The highest BCUT2D eigenvalue weighted by Crippen LogP contribution is 2.43. The van der Waals surface area contributed by atoms with Gasteiger partial charge in [-0.3, -0.25) is 0 Å². The van der Waals surface area contributed by atoms with Crippen LogP contribution in [0.2, 0.25) is 0 Å². The van der Waals surface area contributed by atoms with Crippen molar-refractivity contribution < 1.29 is 0 Å². The van der Waals surface area contributed by atoms with E-state index in [2.05, 4.69) is 25.8 Å². The summed E-state index contributed by atoms with van der Waals surface area (Å²) in [5.74, 6) is 3.05. The van der Waals surface area contributed by atoms with Crippen molar-refractivity contribution in [3.05, 3.63) is 10.4 Å². The number of aromatic nitrogens is 2. The van der Waals surface area contributed by atoms with Gasteiger partial charge in [0.2, 0.25) is 0 Å². The molecule has 0 aromatic carbocycles. The summed E-state index contributed by atoms with van der Waals surface area (Å²) in [4.78, 5) is 11.9. The highest BCUT2D eigenvalue weighted by Gasteiger charge is 2.24. The van der Waals surface area contributed by atoms with E-state index in [0.29, 0.717) is 17.7 Å². The minimum atomic E-state index is 0.591. The van der Waals surface area contributed by atoms with E-state index in [4.69, 9.17) is 10.7 Å². The maximum atomic E-state index is 6.26. The first-order valence-corrected chi connectivity index (χ1v) is 9.58. The Balaban J connectivity index is 1.94. The number of fused-ring (bicyclic) bond motifs is 3. The molecule has 0 unspecified atom stereocenters. The van der Waals surface area contributed by atoms with Gasteiger partial charge in [-0.15, -0.1) is 11.3 Å². The number of rotatable bonds is 4. The Morgan fingerprint density at radius 2 is 2.19 bits per heavy atom. The maximum absolute atomic E-state index is 6.26. The number of nitrogen functional groups attached to an aromatic ring is 1. The predicted molar refractivity (Wildman–Crippen MR) is 93.4 cm³/mol. The van der Waals surface area contributed by atoms with Crippen LogP contribution in [0.25, 0.3) is 10.2 Å². The van der Waals surface area contributed by atoms with E-state index in [1.807, 2.05) is 11.3 Å². The van der Waals surface area contributed by atoms with E-state index in [0.717, 1.165) is 21.1 Å². The van der Waals surface area contributed by atoms with Crippen LogP contribution >= 0.6 is 23.1 Å². The van der Waals surface area contributed by atoms with Gasteiger partial charge < -0.3 is 5.73 Å². The lowest BCUT2D eigenvalue weighted by atomic mass is 9.87. The molecule has 2 heterocycles. The Morgan fingerprint density at radius 3 is 2.95 bits per heavy atom. The van der Waals surface area contributed by atoms with Gasteiger partial charge in [0.15, 0.2) is 5.16 Å². The van der Waals surface area contributed by atoms with Crippen LogP contribution in [0.3, 0.4) is 0 Å². The van der Waals surface area contributed by atoms with E-state index in [1.54, 1.807) is 11.8 Å². The van der Waals surface area contributed by atoms with Crippen LogP contribution in [0.5, 0.6) is 0 Å². The summed E-state index contributed by atoms with van der Waals surface area (Å²) in [5.41, 5.74) is 7.69. The number of thioether (sulfide) groups is 1. The molecular formula is C16H23N3S2. The van der Waals surface area contributed by atoms with Gasteiger partial charge in [0, 0.05) is 10.6 Å². The number of nitrogens with two attached hydrogens (primary N) is 1. The summed E-state index contributed by atoms with van der Waals surface area (Å²) in [6.07, 6.45) is 4.90. The number of nitrogens with zero attached hydrogens (tertiary/aromatic N) is 2. The summed E-state index contributed by atoms with van der Waals surface area (Å²) >= 11 is 3.56. The highest BCUT2D eigenvalue weighted by molar-refractivity contribution is 7.99. The molecule has 21 heavy (non-hydrogen) atoms. The van der Waals surface area contributed by atoms with Gasteiger partial charge in [-0.25, -0.2) is 9.97 Å². The molecule has 0 saturated heterocycles. The van der Waals surface area contributed by atoms with Crippen molar-refractivity contribution in [1.29, 1.82) is 0 Å². The lowest BCUT2D eigenvalue weighted by Crippen LogP contribution is -2.05. The van der Waals surface area contributed by atoms with Crippen molar-refractivity contribution in [1.82, 2.24) is 9.97 Å². The molecule has 1 atom stereocenters. The lowest BCUT2D eigenvalue weighted by molar-refractivity contribution is 0.602. The van der Waals surface area contributed by atoms with Crippen LogP contribution < -0.4 is 5.73 Å². The molecule has 0 bridgehead atoms. The Morgan fingerprint density at radius 1 is 1.38 bits per heavy atom. The fraction of sp³-hybridized carbons (Fsp3) is 0.625. The Kier molecular flexibility index (Phi) is 4.41. The number of hydrogen-bond acceptors (Lipinski definition) is 5. The molecule has 2 N–H and O–H groups in total. The van der Waals surface area contributed by atoms with Crippen molar-refractivity contribution in [2.45, 2.75) is 57.5 Å². The molecule has 5 heteroatoms. The first kappa shape index (κ1) is 15.1. The molecule has 1 aliphatic rings. The van der Waals surface area contributed by atoms with Crippen molar-refractivity contribution in [2.24, 2.45) is 5.92 Å². The molecule has 2 aromatic rings. The van der Waals surface area contributed by atoms with Gasteiger partial charge >= 0.3 is 0 Å². The number of hydrogen-bond donors (Lipinski definition) is 1. The average Bonchev–Trinajstić information content (AvgIpc) is 2.78. The molecule has 0 spiro atoms. The highest BCUT2D eigenvalue weighted by atomic mass is 32.2. The van der Waals surface area contributed by atoms with Crippen LogP contribution in [0.1, 0.15) is 56.4 Å². The monoisotopic (exact) mass is 321 g/mol. The fourth-order valence-corrected chi connectivity index (χ4v) is 5.43. The van der Waals surface area contributed by atoms with E-state index in [1.165, 1.54) is 36.1 Å². The Labute approximate surface area is 134 Å². The summed E-state index contributed by atoms with van der Waals surface area (Å²) in [6.45, 7) is 6.79. The first-order chi connectivity index (χ1) is 10.1. The summed E-state index contributed by atoms with van der Waals surface area (Å²) in [5, 5.41) is 1.97. The molecule has 1 aliphatic carbocycles. The smallest absolute Gasteiger partial charge is 0.190 e. The van der Waals surface area contributed by atoms with Gasteiger partial charge in [0.25, 0.3) is 0 Å². The average molecular weight is 322 g/mol. The van der Waals surface area contributed by atoms with Crippen LogP contribution in [0.4, 0.5) is 5.82 Å². The minimum absolute atomic E-state index is 0.591. The summed E-state index contributed by atoms with van der Waals surface area (Å²) in [7, 11) is 0. The van der Waals surface area contributed by atoms with Gasteiger partial charge in [-0.2, -0.15) is 0 Å². The molecule has 114 valence electrons. The second-order valence-corrected chi connectivity index (χ2v) is 8.48. The number of anilines is 1. The molecule has 3 rings (SSSR count). The van der Waals surface area contributed by atoms with Gasteiger partial charge in [-0.1, -0.05) is 32.5 Å². The molecular weight excluding hydrogens is 298 g/mol. The van der Waals surface area contributed by atoms with E-state index < -0.39 is 0 Å². The Hall–Kier alpha value is -0.810. The topological polar surface area (TPSA) is 51.8 Å². The Bertz CT molecular complexity index is 648. The standard InChI is InChI=1S/C16H23N3S2/c1-9(2)7-8-20-16-18-14(17)13-12-10(3)5-4-6-11(12)21-15(13)19-16/h9-10H,4-8H2,1-3H3,(H2,17,18,19)/t10-/m0/s1. The van der Waals surface area contributed by atoms with Crippen molar-refractivity contribution in [3.8, 4) is 0 Å². The molecule has 2 aromatic heterocycles. The predicted octanol–water partition coefficient (Wildman–Crippen LogP) is 4.85. The summed E-state index contributed by atoms with van der Waals surface area (Å²) < 4.78 is 0. The molecule has 3 nitrogen and oxygen atoms in total. The molecule has 0 amide bonds. The first-order valence-electron chi connectivity index (χ1n) is 7.77. The molecule has 0 saturated carbocycles. The van der Waals surface area contributed by atoms with Gasteiger partial charge in [0.1, 0.15) is 10.6 Å². The molecule has 0 radical (unpaired) electrons. The van der Waals surface area contributed by atoms with Crippen molar-refractivity contribution in [2.75, 3.05) is 11.5 Å². The summed E-state index contributed by atoms with van der Waals surface area (Å²) in [6, 6.07) is 0. The van der Waals surface area contributed by atoms with E-state index >= 15 is 0 Å². The third-order valence-electron chi connectivity index (χ3n) is 4.13.